The summed E-state index contributed by atoms with van der Waals surface area (Å²) in [5.41, 5.74) is 8.75. The maximum absolute atomic E-state index is 5.75. The number of nitrogens with zero attached hydrogens (tertiary/aromatic N) is 1. The first-order valence-electron chi connectivity index (χ1n) is 6.69. The van der Waals surface area contributed by atoms with Crippen LogP contribution >= 0.6 is 0 Å². The second-order valence-electron chi connectivity index (χ2n) is 4.90. The van der Waals surface area contributed by atoms with Gasteiger partial charge in [-0.05, 0) is 37.0 Å². The Morgan fingerprint density at radius 1 is 1.16 bits per heavy atom. The Labute approximate surface area is 114 Å². The highest BCUT2D eigenvalue weighted by molar-refractivity contribution is 5.48. The van der Waals surface area contributed by atoms with Crippen LogP contribution in [0.1, 0.15) is 30.5 Å². The van der Waals surface area contributed by atoms with E-state index in [0.29, 0.717) is 5.92 Å². The Morgan fingerprint density at radius 3 is 2.58 bits per heavy atom. The molecule has 0 aliphatic heterocycles. The third-order valence-corrected chi connectivity index (χ3v) is 3.38. The minimum Gasteiger partial charge on any atom is -0.397 e. The second kappa shape index (κ2) is 6.23. The minimum absolute atomic E-state index is 0.545. The van der Waals surface area contributed by atoms with Gasteiger partial charge in [-0.15, -0.1) is 0 Å². The number of nitrogens with one attached hydrogen (secondary N) is 1. The van der Waals surface area contributed by atoms with Crippen molar-refractivity contribution in [3.8, 4) is 0 Å². The first kappa shape index (κ1) is 13.4. The van der Waals surface area contributed by atoms with Gasteiger partial charge in [0.25, 0.3) is 0 Å². The number of benzene rings is 1. The lowest BCUT2D eigenvalue weighted by Gasteiger charge is -2.13. The number of rotatable bonds is 5. The monoisotopic (exact) mass is 255 g/mol. The summed E-state index contributed by atoms with van der Waals surface area (Å²) in [6, 6.07) is 14.4. The lowest BCUT2D eigenvalue weighted by atomic mass is 9.98. The van der Waals surface area contributed by atoms with Crippen LogP contribution < -0.4 is 11.1 Å². The standard InChI is InChI=1S/C16H21N3/c1-12(14-6-4-3-5-7-14)10-11-18-16-9-8-15(17)13(2)19-16/h3-9,12H,10-11,17H2,1-2H3,(H,18,19). The van der Waals surface area contributed by atoms with Crippen LogP contribution in [0.5, 0.6) is 0 Å². The third-order valence-electron chi connectivity index (χ3n) is 3.38. The third kappa shape index (κ3) is 3.71. The van der Waals surface area contributed by atoms with Crippen LogP contribution in [0.15, 0.2) is 42.5 Å². The molecule has 1 heterocycles. The van der Waals surface area contributed by atoms with E-state index in [1.165, 1.54) is 5.56 Å². The second-order valence-corrected chi connectivity index (χ2v) is 4.90. The molecule has 100 valence electrons. The van der Waals surface area contributed by atoms with Gasteiger partial charge in [-0.25, -0.2) is 4.98 Å². The largest absolute Gasteiger partial charge is 0.397 e. The molecule has 2 rings (SSSR count). The van der Waals surface area contributed by atoms with Crippen molar-refractivity contribution in [2.24, 2.45) is 0 Å². The maximum Gasteiger partial charge on any atom is 0.126 e. The van der Waals surface area contributed by atoms with Gasteiger partial charge in [0.1, 0.15) is 5.82 Å². The van der Waals surface area contributed by atoms with Crippen LogP contribution in [-0.2, 0) is 0 Å². The number of hydrogen-bond acceptors (Lipinski definition) is 3. The summed E-state index contributed by atoms with van der Waals surface area (Å²) >= 11 is 0. The molecule has 0 saturated carbocycles. The fourth-order valence-electron chi connectivity index (χ4n) is 2.04. The van der Waals surface area contributed by atoms with Crippen molar-refractivity contribution in [2.75, 3.05) is 17.6 Å². The average molecular weight is 255 g/mol. The first-order chi connectivity index (χ1) is 9.16. The van der Waals surface area contributed by atoms with Crippen molar-refractivity contribution < 1.29 is 0 Å². The molecular weight excluding hydrogens is 234 g/mol. The van der Waals surface area contributed by atoms with Crippen molar-refractivity contribution >= 4 is 11.5 Å². The summed E-state index contributed by atoms with van der Waals surface area (Å²) in [7, 11) is 0. The number of aromatic nitrogens is 1. The molecule has 1 unspecified atom stereocenters. The van der Waals surface area contributed by atoms with Gasteiger partial charge >= 0.3 is 0 Å². The average Bonchev–Trinajstić information content (AvgIpc) is 2.43. The van der Waals surface area contributed by atoms with Crippen LogP contribution in [0.4, 0.5) is 11.5 Å². The SMILES string of the molecule is Cc1nc(NCCC(C)c2ccccc2)ccc1N. The molecule has 1 aromatic heterocycles. The molecule has 3 nitrogen and oxygen atoms in total. The Kier molecular flexibility index (Phi) is 4.39. The molecule has 0 bridgehead atoms. The van der Waals surface area contributed by atoms with E-state index in [1.54, 1.807) is 0 Å². The molecule has 1 aromatic carbocycles. The Hall–Kier alpha value is -2.03. The zero-order valence-electron chi connectivity index (χ0n) is 11.6. The van der Waals surface area contributed by atoms with Gasteiger partial charge in [-0.3, -0.25) is 0 Å². The molecule has 0 fully saturated rings. The highest BCUT2D eigenvalue weighted by Gasteiger charge is 2.04. The number of nitrogens with two attached hydrogens (primary N) is 1. The molecule has 3 heteroatoms. The minimum atomic E-state index is 0.545. The number of nitrogen functional groups attached to an aromatic ring is 1. The highest BCUT2D eigenvalue weighted by atomic mass is 15.0. The summed E-state index contributed by atoms with van der Waals surface area (Å²) in [5, 5.41) is 3.35. The van der Waals surface area contributed by atoms with E-state index in [-0.39, 0.29) is 0 Å². The van der Waals surface area contributed by atoms with Crippen LogP contribution in [0.25, 0.3) is 0 Å². The van der Waals surface area contributed by atoms with Gasteiger partial charge in [0, 0.05) is 6.54 Å². The molecule has 0 radical (unpaired) electrons. The van der Waals surface area contributed by atoms with E-state index in [0.717, 1.165) is 30.2 Å². The van der Waals surface area contributed by atoms with Gasteiger partial charge in [-0.2, -0.15) is 0 Å². The van der Waals surface area contributed by atoms with Gasteiger partial charge in [0.15, 0.2) is 0 Å². The molecule has 0 aliphatic carbocycles. The summed E-state index contributed by atoms with van der Waals surface area (Å²) in [6.45, 7) is 5.08. The Balaban J connectivity index is 1.85. The molecule has 3 N–H and O–H groups in total. The first-order valence-corrected chi connectivity index (χ1v) is 6.69. The van der Waals surface area contributed by atoms with E-state index in [4.69, 9.17) is 5.73 Å². The van der Waals surface area contributed by atoms with E-state index < -0.39 is 0 Å². The number of pyridine rings is 1. The summed E-state index contributed by atoms with van der Waals surface area (Å²) < 4.78 is 0. The topological polar surface area (TPSA) is 50.9 Å². The molecule has 2 aromatic rings. The van der Waals surface area contributed by atoms with E-state index in [9.17, 15) is 0 Å². The van der Waals surface area contributed by atoms with E-state index in [1.807, 2.05) is 19.1 Å². The maximum atomic E-state index is 5.75. The lowest BCUT2D eigenvalue weighted by molar-refractivity contribution is 0.705. The predicted octanol–water partition coefficient (Wildman–Crippen LogP) is 3.58. The Morgan fingerprint density at radius 2 is 1.89 bits per heavy atom. The zero-order chi connectivity index (χ0) is 13.7. The predicted molar refractivity (Wildman–Crippen MR) is 81.4 cm³/mol. The van der Waals surface area contributed by atoms with Crippen molar-refractivity contribution in [3.05, 3.63) is 53.7 Å². The molecule has 1 atom stereocenters. The van der Waals surface area contributed by atoms with Crippen molar-refractivity contribution in [1.29, 1.82) is 0 Å². The van der Waals surface area contributed by atoms with Crippen molar-refractivity contribution in [1.82, 2.24) is 4.98 Å². The van der Waals surface area contributed by atoms with Gasteiger partial charge in [0.05, 0.1) is 11.4 Å². The lowest BCUT2D eigenvalue weighted by Crippen LogP contribution is -2.08. The number of hydrogen-bond donors (Lipinski definition) is 2. The molecule has 0 amide bonds. The van der Waals surface area contributed by atoms with Gasteiger partial charge < -0.3 is 11.1 Å². The molecule has 0 spiro atoms. The van der Waals surface area contributed by atoms with Crippen LogP contribution in [0.2, 0.25) is 0 Å². The molecular formula is C16H21N3. The van der Waals surface area contributed by atoms with Gasteiger partial charge in [0.2, 0.25) is 0 Å². The van der Waals surface area contributed by atoms with Crippen LogP contribution in [0, 0.1) is 6.92 Å². The quantitative estimate of drug-likeness (QED) is 0.858. The van der Waals surface area contributed by atoms with E-state index >= 15 is 0 Å². The number of anilines is 2. The number of aryl methyl sites for hydroxylation is 1. The Bertz CT molecular complexity index is 523. The zero-order valence-corrected chi connectivity index (χ0v) is 11.6. The summed E-state index contributed by atoms with van der Waals surface area (Å²) in [4.78, 5) is 4.41. The highest BCUT2D eigenvalue weighted by Crippen LogP contribution is 2.18. The van der Waals surface area contributed by atoms with Gasteiger partial charge in [-0.1, -0.05) is 37.3 Å². The van der Waals surface area contributed by atoms with Crippen LogP contribution in [0.3, 0.4) is 0 Å². The molecule has 19 heavy (non-hydrogen) atoms. The normalized spacial score (nSPS) is 12.1. The van der Waals surface area contributed by atoms with Crippen molar-refractivity contribution in [2.45, 2.75) is 26.2 Å². The molecule has 0 saturated heterocycles. The molecule has 0 aliphatic rings. The van der Waals surface area contributed by atoms with Crippen molar-refractivity contribution in [3.63, 3.8) is 0 Å². The summed E-state index contributed by atoms with van der Waals surface area (Å²) in [5.74, 6) is 1.44. The van der Waals surface area contributed by atoms with Crippen LogP contribution in [-0.4, -0.2) is 11.5 Å². The fourth-order valence-corrected chi connectivity index (χ4v) is 2.04. The van der Waals surface area contributed by atoms with E-state index in [2.05, 4.69) is 47.6 Å². The fraction of sp³-hybridized carbons (Fsp3) is 0.312. The summed E-state index contributed by atoms with van der Waals surface area (Å²) in [6.07, 6.45) is 1.08. The smallest absolute Gasteiger partial charge is 0.126 e.